The standard InChI is InChI=1S/C21H39N5O/c1-18-17-19(2)26(25-18)15-10-14-24-21(22-3)23-13-8-5-9-16-27-20-11-6-4-7-12-20/h17,20H,4-16H2,1-3H3,(H2,22,23,24). The van der Waals surface area contributed by atoms with Crippen LogP contribution in [0.5, 0.6) is 0 Å². The molecule has 1 saturated carbocycles. The van der Waals surface area contributed by atoms with E-state index in [0.717, 1.165) is 57.2 Å². The summed E-state index contributed by atoms with van der Waals surface area (Å²) in [6, 6.07) is 2.12. The van der Waals surface area contributed by atoms with Crippen molar-refractivity contribution in [2.24, 2.45) is 4.99 Å². The molecule has 0 unspecified atom stereocenters. The highest BCUT2D eigenvalue weighted by Crippen LogP contribution is 2.20. The molecular weight excluding hydrogens is 338 g/mol. The molecule has 0 aliphatic heterocycles. The predicted molar refractivity (Wildman–Crippen MR) is 112 cm³/mol. The third-order valence-electron chi connectivity index (χ3n) is 5.19. The first-order valence-electron chi connectivity index (χ1n) is 10.8. The quantitative estimate of drug-likeness (QED) is 0.351. The van der Waals surface area contributed by atoms with Crippen molar-refractivity contribution < 1.29 is 4.74 Å². The molecule has 0 saturated heterocycles. The Morgan fingerprint density at radius 3 is 2.52 bits per heavy atom. The summed E-state index contributed by atoms with van der Waals surface area (Å²) >= 11 is 0. The highest BCUT2D eigenvalue weighted by atomic mass is 16.5. The molecule has 1 heterocycles. The Hall–Kier alpha value is -1.56. The van der Waals surface area contributed by atoms with Gasteiger partial charge >= 0.3 is 0 Å². The molecule has 0 bridgehead atoms. The molecule has 1 aliphatic rings. The van der Waals surface area contributed by atoms with E-state index >= 15 is 0 Å². The molecule has 2 rings (SSSR count). The van der Waals surface area contributed by atoms with Crippen LogP contribution >= 0.6 is 0 Å². The zero-order valence-electron chi connectivity index (χ0n) is 17.6. The van der Waals surface area contributed by atoms with Crippen LogP contribution in [0.3, 0.4) is 0 Å². The molecule has 154 valence electrons. The van der Waals surface area contributed by atoms with Crippen LogP contribution in [-0.4, -0.2) is 48.6 Å². The smallest absolute Gasteiger partial charge is 0.190 e. The molecular formula is C21H39N5O. The third-order valence-corrected chi connectivity index (χ3v) is 5.19. The van der Waals surface area contributed by atoms with Gasteiger partial charge in [-0.25, -0.2) is 0 Å². The molecule has 2 N–H and O–H groups in total. The van der Waals surface area contributed by atoms with Crippen molar-refractivity contribution in [2.45, 2.75) is 84.3 Å². The van der Waals surface area contributed by atoms with E-state index in [0.29, 0.717) is 6.10 Å². The van der Waals surface area contributed by atoms with Crippen molar-refractivity contribution in [1.29, 1.82) is 0 Å². The van der Waals surface area contributed by atoms with Crippen molar-refractivity contribution in [3.63, 3.8) is 0 Å². The molecule has 6 heteroatoms. The van der Waals surface area contributed by atoms with E-state index in [-0.39, 0.29) is 0 Å². The van der Waals surface area contributed by atoms with E-state index in [1.807, 2.05) is 14.0 Å². The first kappa shape index (κ1) is 21.7. The molecule has 0 atom stereocenters. The summed E-state index contributed by atoms with van der Waals surface area (Å²) in [5, 5.41) is 11.3. The second-order valence-electron chi connectivity index (χ2n) is 7.62. The largest absolute Gasteiger partial charge is 0.378 e. The molecule has 0 amide bonds. The maximum Gasteiger partial charge on any atom is 0.190 e. The van der Waals surface area contributed by atoms with Crippen LogP contribution in [0.4, 0.5) is 0 Å². The van der Waals surface area contributed by atoms with Crippen molar-refractivity contribution in [3.8, 4) is 0 Å². The van der Waals surface area contributed by atoms with Gasteiger partial charge < -0.3 is 15.4 Å². The lowest BCUT2D eigenvalue weighted by Gasteiger charge is -2.21. The maximum absolute atomic E-state index is 5.98. The Bertz CT molecular complexity index is 549. The van der Waals surface area contributed by atoms with Crippen LogP contribution in [0.1, 0.15) is 69.2 Å². The van der Waals surface area contributed by atoms with E-state index in [1.165, 1.54) is 44.2 Å². The minimum Gasteiger partial charge on any atom is -0.378 e. The van der Waals surface area contributed by atoms with Crippen molar-refractivity contribution >= 4 is 5.96 Å². The zero-order chi connectivity index (χ0) is 19.3. The average Bonchev–Trinajstić information content (AvgIpc) is 3.00. The number of rotatable bonds is 11. The lowest BCUT2D eigenvalue weighted by Crippen LogP contribution is -2.38. The lowest BCUT2D eigenvalue weighted by atomic mass is 9.98. The second-order valence-corrected chi connectivity index (χ2v) is 7.62. The summed E-state index contributed by atoms with van der Waals surface area (Å²) in [6.07, 6.45) is 11.7. The minimum absolute atomic E-state index is 0.536. The molecule has 1 aliphatic carbocycles. The lowest BCUT2D eigenvalue weighted by molar-refractivity contribution is 0.0264. The fourth-order valence-electron chi connectivity index (χ4n) is 3.65. The Balaban J connectivity index is 1.44. The van der Waals surface area contributed by atoms with E-state index in [1.54, 1.807) is 0 Å². The topological polar surface area (TPSA) is 63.5 Å². The SMILES string of the molecule is CN=C(NCCCCCOC1CCCCC1)NCCCn1nc(C)cc1C. The molecule has 1 fully saturated rings. The molecule has 0 spiro atoms. The predicted octanol–water partition coefficient (Wildman–Crippen LogP) is 3.57. The van der Waals surface area contributed by atoms with Gasteiger partial charge in [0.25, 0.3) is 0 Å². The van der Waals surface area contributed by atoms with Gasteiger partial charge in [0.15, 0.2) is 5.96 Å². The maximum atomic E-state index is 5.98. The molecule has 6 nitrogen and oxygen atoms in total. The highest BCUT2D eigenvalue weighted by Gasteiger charge is 2.12. The van der Waals surface area contributed by atoms with Crippen molar-refractivity contribution in [1.82, 2.24) is 20.4 Å². The monoisotopic (exact) mass is 377 g/mol. The highest BCUT2D eigenvalue weighted by molar-refractivity contribution is 5.79. The average molecular weight is 378 g/mol. The Kier molecular flexibility index (Phi) is 10.3. The number of hydrogen-bond acceptors (Lipinski definition) is 3. The first-order chi connectivity index (χ1) is 13.2. The van der Waals surface area contributed by atoms with Crippen LogP contribution in [0.15, 0.2) is 11.1 Å². The summed E-state index contributed by atoms with van der Waals surface area (Å²) in [5.74, 6) is 0.891. The van der Waals surface area contributed by atoms with Crippen LogP contribution < -0.4 is 10.6 Å². The fourth-order valence-corrected chi connectivity index (χ4v) is 3.65. The number of aromatic nitrogens is 2. The van der Waals surface area contributed by atoms with Gasteiger partial charge in [0.2, 0.25) is 0 Å². The van der Waals surface area contributed by atoms with Gasteiger partial charge in [-0.2, -0.15) is 5.10 Å². The minimum atomic E-state index is 0.536. The number of aliphatic imine (C=N–C) groups is 1. The summed E-state index contributed by atoms with van der Waals surface area (Å²) < 4.78 is 8.05. The molecule has 1 aromatic heterocycles. The Labute approximate surface area is 165 Å². The van der Waals surface area contributed by atoms with Crippen LogP contribution in [0.2, 0.25) is 0 Å². The van der Waals surface area contributed by atoms with E-state index < -0.39 is 0 Å². The number of nitrogens with one attached hydrogen (secondary N) is 2. The molecule has 0 radical (unpaired) electrons. The van der Waals surface area contributed by atoms with Gasteiger partial charge in [-0.1, -0.05) is 19.3 Å². The third kappa shape index (κ3) is 8.78. The van der Waals surface area contributed by atoms with Gasteiger partial charge in [0.1, 0.15) is 0 Å². The summed E-state index contributed by atoms with van der Waals surface area (Å²) in [4.78, 5) is 4.30. The zero-order valence-corrected chi connectivity index (χ0v) is 17.6. The second kappa shape index (κ2) is 12.8. The van der Waals surface area contributed by atoms with Crippen LogP contribution in [-0.2, 0) is 11.3 Å². The van der Waals surface area contributed by atoms with Gasteiger partial charge in [-0.05, 0) is 58.4 Å². The number of aryl methyl sites for hydroxylation is 3. The fraction of sp³-hybridized carbons (Fsp3) is 0.810. The number of unbranched alkanes of at least 4 members (excludes halogenated alkanes) is 2. The van der Waals surface area contributed by atoms with Gasteiger partial charge in [-0.3, -0.25) is 9.67 Å². The van der Waals surface area contributed by atoms with Gasteiger partial charge in [0.05, 0.1) is 11.8 Å². The summed E-state index contributed by atoms with van der Waals surface area (Å²) in [5.41, 5.74) is 2.31. The van der Waals surface area contributed by atoms with E-state index in [2.05, 4.69) is 38.4 Å². The number of ether oxygens (including phenoxy) is 1. The van der Waals surface area contributed by atoms with Gasteiger partial charge in [0, 0.05) is 39.0 Å². The Morgan fingerprint density at radius 2 is 1.85 bits per heavy atom. The Morgan fingerprint density at radius 1 is 1.11 bits per heavy atom. The molecule has 0 aromatic carbocycles. The summed E-state index contributed by atoms with van der Waals surface area (Å²) in [6.45, 7) is 7.85. The summed E-state index contributed by atoms with van der Waals surface area (Å²) in [7, 11) is 1.83. The number of hydrogen-bond donors (Lipinski definition) is 2. The normalized spacial score (nSPS) is 15.9. The first-order valence-corrected chi connectivity index (χ1v) is 10.8. The van der Waals surface area contributed by atoms with Crippen molar-refractivity contribution in [3.05, 3.63) is 17.5 Å². The number of nitrogens with zero attached hydrogens (tertiary/aromatic N) is 3. The molecule has 1 aromatic rings. The van der Waals surface area contributed by atoms with E-state index in [4.69, 9.17) is 4.74 Å². The van der Waals surface area contributed by atoms with Crippen LogP contribution in [0.25, 0.3) is 0 Å². The number of guanidine groups is 1. The van der Waals surface area contributed by atoms with Gasteiger partial charge in [-0.15, -0.1) is 0 Å². The van der Waals surface area contributed by atoms with Crippen molar-refractivity contribution in [2.75, 3.05) is 26.7 Å². The van der Waals surface area contributed by atoms with Crippen LogP contribution in [0, 0.1) is 13.8 Å². The van der Waals surface area contributed by atoms with E-state index in [9.17, 15) is 0 Å². The molecule has 27 heavy (non-hydrogen) atoms.